The van der Waals surface area contributed by atoms with E-state index in [-0.39, 0.29) is 11.5 Å². The lowest BCUT2D eigenvalue weighted by atomic mass is 9.82. The molecular weight excluding hydrogens is 296 g/mol. The number of ether oxygens (including phenoxy) is 1. The van der Waals surface area contributed by atoms with Crippen molar-refractivity contribution in [2.75, 3.05) is 24.2 Å². The van der Waals surface area contributed by atoms with Gasteiger partial charge >= 0.3 is 6.09 Å². The van der Waals surface area contributed by atoms with Crippen molar-refractivity contribution >= 4 is 23.5 Å². The number of carbonyl (C=O) groups is 1. The second-order valence-corrected chi connectivity index (χ2v) is 7.54. The van der Waals surface area contributed by atoms with Crippen LogP contribution in [0.4, 0.5) is 10.5 Å². The molecule has 0 radical (unpaired) electrons. The van der Waals surface area contributed by atoms with Crippen LogP contribution >= 0.6 is 11.8 Å². The molecule has 22 heavy (non-hydrogen) atoms. The Balaban J connectivity index is 1.76. The van der Waals surface area contributed by atoms with E-state index in [2.05, 4.69) is 43.2 Å². The van der Waals surface area contributed by atoms with Gasteiger partial charge in [0.05, 0.1) is 5.37 Å². The number of anilines is 1. The van der Waals surface area contributed by atoms with Gasteiger partial charge in [-0.2, -0.15) is 0 Å². The van der Waals surface area contributed by atoms with Gasteiger partial charge in [0.25, 0.3) is 0 Å². The zero-order chi connectivity index (χ0) is 15.7. The van der Waals surface area contributed by atoms with Gasteiger partial charge in [-0.3, -0.25) is 0 Å². The van der Waals surface area contributed by atoms with Crippen LogP contribution in [0.2, 0.25) is 0 Å². The van der Waals surface area contributed by atoms with Crippen molar-refractivity contribution in [3.05, 3.63) is 23.8 Å². The number of benzene rings is 1. The SMILES string of the molecule is CCCCNC(=O)Oc1ccc2c(c1)C1(C)CCSC1N2C. The van der Waals surface area contributed by atoms with Gasteiger partial charge in [-0.15, -0.1) is 11.8 Å². The summed E-state index contributed by atoms with van der Waals surface area (Å²) in [6.45, 7) is 5.09. The lowest BCUT2D eigenvalue weighted by Crippen LogP contribution is -2.34. The first-order chi connectivity index (χ1) is 10.6. The van der Waals surface area contributed by atoms with Gasteiger partial charge in [0.2, 0.25) is 0 Å². The molecular formula is C17H24N2O2S. The van der Waals surface area contributed by atoms with Gasteiger partial charge in [-0.25, -0.2) is 4.79 Å². The van der Waals surface area contributed by atoms with E-state index in [0.29, 0.717) is 17.7 Å². The van der Waals surface area contributed by atoms with Crippen LogP contribution < -0.4 is 15.0 Å². The zero-order valence-corrected chi connectivity index (χ0v) is 14.3. The van der Waals surface area contributed by atoms with Crippen LogP contribution in [0.3, 0.4) is 0 Å². The van der Waals surface area contributed by atoms with Crippen LogP contribution in [0.5, 0.6) is 5.75 Å². The van der Waals surface area contributed by atoms with E-state index in [9.17, 15) is 4.79 Å². The molecule has 1 fully saturated rings. The number of nitrogens with zero attached hydrogens (tertiary/aromatic N) is 1. The molecule has 1 saturated heterocycles. The number of thioether (sulfide) groups is 1. The van der Waals surface area contributed by atoms with Crippen LogP contribution in [0, 0.1) is 0 Å². The average molecular weight is 320 g/mol. The van der Waals surface area contributed by atoms with Crippen molar-refractivity contribution < 1.29 is 9.53 Å². The van der Waals surface area contributed by atoms with Crippen LogP contribution in [-0.4, -0.2) is 30.8 Å². The summed E-state index contributed by atoms with van der Waals surface area (Å²) >= 11 is 2.02. The fraction of sp³-hybridized carbons (Fsp3) is 0.588. The number of hydrogen-bond donors (Lipinski definition) is 1. The minimum absolute atomic E-state index is 0.160. The number of unbranched alkanes of at least 4 members (excludes halogenated alkanes) is 1. The molecule has 2 atom stereocenters. The largest absolute Gasteiger partial charge is 0.412 e. The highest BCUT2D eigenvalue weighted by Crippen LogP contribution is 2.55. The fourth-order valence-corrected chi connectivity index (χ4v) is 5.19. The van der Waals surface area contributed by atoms with E-state index in [1.165, 1.54) is 23.4 Å². The van der Waals surface area contributed by atoms with E-state index >= 15 is 0 Å². The van der Waals surface area contributed by atoms with E-state index in [0.717, 1.165) is 12.8 Å². The maximum Gasteiger partial charge on any atom is 0.412 e. The highest BCUT2D eigenvalue weighted by atomic mass is 32.2. The third-order valence-electron chi connectivity index (χ3n) is 4.77. The molecule has 0 aromatic heterocycles. The van der Waals surface area contributed by atoms with Crippen molar-refractivity contribution in [2.24, 2.45) is 0 Å². The summed E-state index contributed by atoms with van der Waals surface area (Å²) < 4.78 is 5.44. The average Bonchev–Trinajstić information content (AvgIpc) is 2.97. The van der Waals surface area contributed by atoms with E-state index in [1.807, 2.05) is 17.8 Å². The number of nitrogens with one attached hydrogen (secondary N) is 1. The van der Waals surface area contributed by atoms with Crippen LogP contribution in [0.1, 0.15) is 38.7 Å². The molecule has 0 aliphatic carbocycles. The maximum atomic E-state index is 11.8. The van der Waals surface area contributed by atoms with E-state index in [4.69, 9.17) is 4.74 Å². The zero-order valence-electron chi connectivity index (χ0n) is 13.5. The number of fused-ring (bicyclic) bond motifs is 3. The lowest BCUT2D eigenvalue weighted by molar-refractivity contribution is 0.200. The summed E-state index contributed by atoms with van der Waals surface area (Å²) in [5.74, 6) is 1.83. The minimum atomic E-state index is -0.359. The Morgan fingerprint density at radius 1 is 1.55 bits per heavy atom. The predicted octanol–water partition coefficient (Wildman–Crippen LogP) is 3.75. The highest BCUT2D eigenvalue weighted by molar-refractivity contribution is 8.00. The standard InChI is InChI=1S/C17H24N2O2S/c1-4-5-9-18-16(20)21-12-6-7-14-13(11-12)17(2)8-10-22-15(17)19(14)3/h6-7,11,15H,4-5,8-10H2,1-3H3,(H,18,20). The van der Waals surface area contributed by atoms with Crippen molar-refractivity contribution in [3.63, 3.8) is 0 Å². The number of rotatable bonds is 4. The molecule has 120 valence electrons. The van der Waals surface area contributed by atoms with E-state index in [1.54, 1.807) is 0 Å². The second kappa shape index (κ2) is 6.03. The lowest BCUT2D eigenvalue weighted by Gasteiger charge is -2.27. The fourth-order valence-electron chi connectivity index (χ4n) is 3.48. The Labute approximate surface area is 136 Å². The summed E-state index contributed by atoms with van der Waals surface area (Å²) in [5.41, 5.74) is 2.73. The molecule has 2 aliphatic rings. The Morgan fingerprint density at radius 2 is 2.36 bits per heavy atom. The molecule has 0 bridgehead atoms. The first-order valence-electron chi connectivity index (χ1n) is 8.01. The molecule has 2 heterocycles. The summed E-state index contributed by atoms with van der Waals surface area (Å²) in [6.07, 6.45) is 2.85. The molecule has 3 rings (SSSR count). The first-order valence-corrected chi connectivity index (χ1v) is 9.06. The Kier molecular flexibility index (Phi) is 4.26. The van der Waals surface area contributed by atoms with Gasteiger partial charge in [-0.05, 0) is 42.4 Å². The van der Waals surface area contributed by atoms with Crippen molar-refractivity contribution in [1.29, 1.82) is 0 Å². The summed E-state index contributed by atoms with van der Waals surface area (Å²) in [4.78, 5) is 14.2. The Bertz CT molecular complexity index is 578. The molecule has 5 heteroatoms. The summed E-state index contributed by atoms with van der Waals surface area (Å²) in [5, 5.41) is 3.29. The first kappa shape index (κ1) is 15.5. The maximum absolute atomic E-state index is 11.8. The monoisotopic (exact) mass is 320 g/mol. The predicted molar refractivity (Wildman–Crippen MR) is 92.0 cm³/mol. The topological polar surface area (TPSA) is 41.6 Å². The molecule has 2 aliphatic heterocycles. The van der Waals surface area contributed by atoms with Gasteiger partial charge in [0, 0.05) is 24.7 Å². The summed E-state index contributed by atoms with van der Waals surface area (Å²) in [6, 6.07) is 6.02. The van der Waals surface area contributed by atoms with Crippen molar-refractivity contribution in [1.82, 2.24) is 5.32 Å². The molecule has 1 aromatic carbocycles. The quantitative estimate of drug-likeness (QED) is 0.858. The molecule has 1 amide bonds. The van der Waals surface area contributed by atoms with Gasteiger partial charge in [0.15, 0.2) is 0 Å². The molecule has 2 unspecified atom stereocenters. The summed E-state index contributed by atoms with van der Waals surface area (Å²) in [7, 11) is 2.16. The third kappa shape index (κ3) is 2.56. The molecule has 1 N–H and O–H groups in total. The highest BCUT2D eigenvalue weighted by Gasteiger charge is 2.50. The Morgan fingerprint density at radius 3 is 3.14 bits per heavy atom. The molecule has 4 nitrogen and oxygen atoms in total. The second-order valence-electron chi connectivity index (χ2n) is 6.35. The molecule has 0 spiro atoms. The number of hydrogen-bond acceptors (Lipinski definition) is 4. The van der Waals surface area contributed by atoms with Gasteiger partial charge in [0.1, 0.15) is 5.75 Å². The van der Waals surface area contributed by atoms with Crippen LogP contribution in [0.25, 0.3) is 0 Å². The number of amides is 1. The van der Waals surface area contributed by atoms with Gasteiger partial charge < -0.3 is 15.0 Å². The molecule has 1 aromatic rings. The van der Waals surface area contributed by atoms with Crippen molar-refractivity contribution in [3.8, 4) is 5.75 Å². The Hall–Kier alpha value is -1.36. The minimum Gasteiger partial charge on any atom is -0.410 e. The molecule has 0 saturated carbocycles. The normalized spacial score (nSPS) is 25.8. The smallest absolute Gasteiger partial charge is 0.410 e. The van der Waals surface area contributed by atoms with Crippen molar-refractivity contribution in [2.45, 2.75) is 43.9 Å². The van der Waals surface area contributed by atoms with Crippen LogP contribution in [-0.2, 0) is 5.41 Å². The van der Waals surface area contributed by atoms with E-state index < -0.39 is 0 Å². The number of likely N-dealkylation sites (N-methyl/N-ethyl adjacent to an activating group) is 1. The third-order valence-corrected chi connectivity index (χ3v) is 6.36. The van der Waals surface area contributed by atoms with Gasteiger partial charge in [-0.1, -0.05) is 20.3 Å². The number of carbonyl (C=O) groups excluding carboxylic acids is 1. The van der Waals surface area contributed by atoms with Crippen LogP contribution in [0.15, 0.2) is 18.2 Å².